The van der Waals surface area contributed by atoms with Crippen LogP contribution in [-0.4, -0.2) is 17.7 Å². The molecule has 0 amide bonds. The van der Waals surface area contributed by atoms with Gasteiger partial charge in [-0.05, 0) is 27.2 Å². The molecule has 0 bridgehead atoms. The Morgan fingerprint density at radius 3 is 2.73 bits per heavy atom. The molecule has 15 heavy (non-hydrogen) atoms. The number of carbonyl (C=O) groups excluding carboxylic acids is 1. The summed E-state index contributed by atoms with van der Waals surface area (Å²) in [6, 6.07) is 0. The molecule has 0 unspecified atom stereocenters. The topological polar surface area (TPSA) is 35.5 Å². The number of hydrogen-bond acceptors (Lipinski definition) is 3. The van der Waals surface area contributed by atoms with Gasteiger partial charge in [-0.25, -0.2) is 4.79 Å². The number of hydrogen-bond donors (Lipinski definition) is 0. The van der Waals surface area contributed by atoms with Gasteiger partial charge in [0.15, 0.2) is 0 Å². The van der Waals surface area contributed by atoms with Crippen LogP contribution in [0.3, 0.4) is 0 Å². The maximum Gasteiger partial charge on any atom is 0.334 e. The number of allylic oxidation sites excluding steroid dienone is 1. The fourth-order valence-corrected chi connectivity index (χ4v) is 1.33. The van der Waals surface area contributed by atoms with Crippen LogP contribution in [-0.2, 0) is 14.3 Å². The molecule has 0 aliphatic carbocycles. The molecule has 1 rings (SSSR count). The highest BCUT2D eigenvalue weighted by molar-refractivity contribution is 5.82. The van der Waals surface area contributed by atoms with Gasteiger partial charge in [-0.3, -0.25) is 0 Å². The summed E-state index contributed by atoms with van der Waals surface area (Å²) < 4.78 is 10.6. The van der Waals surface area contributed by atoms with Crippen molar-refractivity contribution >= 4 is 5.97 Å². The number of esters is 1. The molecule has 84 valence electrons. The first-order valence-electron chi connectivity index (χ1n) is 5.13. The number of rotatable bonds is 2. The molecule has 0 radical (unpaired) electrons. The molecule has 1 atom stereocenters. The molecular formula is C12H18O3. The predicted molar refractivity (Wildman–Crippen MR) is 58.2 cm³/mol. The summed E-state index contributed by atoms with van der Waals surface area (Å²) in [6.45, 7) is 9.16. The normalized spacial score (nSPS) is 23.7. The van der Waals surface area contributed by atoms with E-state index >= 15 is 0 Å². The SMILES string of the molecule is C=C[C@H]1CC/C(=C/C(=O)OC(C)(C)C)O1. The Balaban J connectivity index is 2.50. The van der Waals surface area contributed by atoms with Gasteiger partial charge in [0.25, 0.3) is 0 Å². The molecule has 3 heteroatoms. The molecule has 0 saturated carbocycles. The summed E-state index contributed by atoms with van der Waals surface area (Å²) >= 11 is 0. The molecule has 0 aromatic heterocycles. The van der Waals surface area contributed by atoms with E-state index in [1.807, 2.05) is 20.8 Å². The van der Waals surface area contributed by atoms with Crippen molar-refractivity contribution in [3.8, 4) is 0 Å². The molecule has 1 fully saturated rings. The van der Waals surface area contributed by atoms with Crippen molar-refractivity contribution in [1.29, 1.82) is 0 Å². The van der Waals surface area contributed by atoms with Crippen LogP contribution in [0.4, 0.5) is 0 Å². The first-order chi connectivity index (χ1) is 6.90. The van der Waals surface area contributed by atoms with Crippen LogP contribution >= 0.6 is 0 Å². The zero-order valence-corrected chi connectivity index (χ0v) is 9.58. The molecule has 0 aromatic rings. The van der Waals surface area contributed by atoms with E-state index in [0.717, 1.165) is 12.8 Å². The third-order valence-electron chi connectivity index (χ3n) is 1.93. The van der Waals surface area contributed by atoms with E-state index in [9.17, 15) is 4.79 Å². The molecule has 3 nitrogen and oxygen atoms in total. The molecule has 1 saturated heterocycles. The Labute approximate surface area is 90.8 Å². The van der Waals surface area contributed by atoms with Crippen LogP contribution < -0.4 is 0 Å². The second kappa shape index (κ2) is 4.51. The van der Waals surface area contributed by atoms with Gasteiger partial charge in [-0.15, -0.1) is 0 Å². The summed E-state index contributed by atoms with van der Waals surface area (Å²) in [4.78, 5) is 11.4. The average Bonchev–Trinajstić information content (AvgIpc) is 2.48. The molecule has 1 aliphatic rings. The monoisotopic (exact) mass is 210 g/mol. The van der Waals surface area contributed by atoms with Crippen LogP contribution in [0.1, 0.15) is 33.6 Å². The second-order valence-electron chi connectivity index (χ2n) is 4.57. The highest BCUT2D eigenvalue weighted by Crippen LogP contribution is 2.23. The van der Waals surface area contributed by atoms with Crippen molar-refractivity contribution in [3.63, 3.8) is 0 Å². The van der Waals surface area contributed by atoms with Crippen LogP contribution in [0, 0.1) is 0 Å². The van der Waals surface area contributed by atoms with Gasteiger partial charge in [0.1, 0.15) is 17.5 Å². The lowest BCUT2D eigenvalue weighted by Crippen LogP contribution is -2.22. The van der Waals surface area contributed by atoms with E-state index in [0.29, 0.717) is 5.76 Å². The van der Waals surface area contributed by atoms with Gasteiger partial charge in [-0.2, -0.15) is 0 Å². The fourth-order valence-electron chi connectivity index (χ4n) is 1.33. The van der Waals surface area contributed by atoms with Crippen LogP contribution in [0.15, 0.2) is 24.5 Å². The van der Waals surface area contributed by atoms with Gasteiger partial charge < -0.3 is 9.47 Å². The van der Waals surface area contributed by atoms with E-state index in [1.165, 1.54) is 6.08 Å². The molecule has 1 heterocycles. The standard InChI is InChI=1S/C12H18O3/c1-5-9-6-7-10(14-9)8-11(13)15-12(2,3)4/h5,8-9H,1,6-7H2,2-4H3/b10-8-/t9-/m0/s1. The minimum atomic E-state index is -0.454. The number of ether oxygens (including phenoxy) is 2. The Bertz CT molecular complexity index is 284. The Hall–Kier alpha value is -1.25. The van der Waals surface area contributed by atoms with E-state index in [1.54, 1.807) is 6.08 Å². The van der Waals surface area contributed by atoms with Crippen LogP contribution in [0.5, 0.6) is 0 Å². The van der Waals surface area contributed by atoms with Crippen molar-refractivity contribution < 1.29 is 14.3 Å². The van der Waals surface area contributed by atoms with Crippen LogP contribution in [0.2, 0.25) is 0 Å². The van der Waals surface area contributed by atoms with Gasteiger partial charge in [0.2, 0.25) is 0 Å². The first kappa shape index (κ1) is 11.8. The molecule has 1 aliphatic heterocycles. The summed E-state index contributed by atoms with van der Waals surface area (Å²) in [7, 11) is 0. The van der Waals surface area contributed by atoms with E-state index in [2.05, 4.69) is 6.58 Å². The van der Waals surface area contributed by atoms with Crippen molar-refractivity contribution in [2.24, 2.45) is 0 Å². The highest BCUT2D eigenvalue weighted by Gasteiger charge is 2.20. The maximum absolute atomic E-state index is 11.4. The Morgan fingerprint density at radius 1 is 1.60 bits per heavy atom. The fraction of sp³-hybridized carbons (Fsp3) is 0.583. The minimum absolute atomic E-state index is 0.0405. The molecule has 0 N–H and O–H groups in total. The van der Waals surface area contributed by atoms with Crippen molar-refractivity contribution in [1.82, 2.24) is 0 Å². The molecular weight excluding hydrogens is 192 g/mol. The third-order valence-corrected chi connectivity index (χ3v) is 1.93. The summed E-state index contributed by atoms with van der Waals surface area (Å²) in [5.74, 6) is 0.344. The smallest absolute Gasteiger partial charge is 0.334 e. The lowest BCUT2D eigenvalue weighted by Gasteiger charge is -2.18. The van der Waals surface area contributed by atoms with E-state index in [4.69, 9.17) is 9.47 Å². The minimum Gasteiger partial charge on any atom is -0.490 e. The van der Waals surface area contributed by atoms with Gasteiger partial charge in [0, 0.05) is 6.42 Å². The molecule has 0 aromatic carbocycles. The van der Waals surface area contributed by atoms with Gasteiger partial charge in [0.05, 0.1) is 6.08 Å². The number of carbonyl (C=O) groups is 1. The lowest BCUT2D eigenvalue weighted by molar-refractivity contribution is -0.148. The zero-order chi connectivity index (χ0) is 11.5. The largest absolute Gasteiger partial charge is 0.490 e. The van der Waals surface area contributed by atoms with Crippen molar-refractivity contribution in [3.05, 3.63) is 24.5 Å². The predicted octanol–water partition coefficient (Wildman–Crippen LogP) is 2.58. The third kappa shape index (κ3) is 4.19. The summed E-state index contributed by atoms with van der Waals surface area (Å²) in [6.07, 6.45) is 4.87. The summed E-state index contributed by atoms with van der Waals surface area (Å²) in [5.41, 5.74) is -0.454. The average molecular weight is 210 g/mol. The summed E-state index contributed by atoms with van der Waals surface area (Å²) in [5, 5.41) is 0. The Morgan fingerprint density at radius 2 is 2.27 bits per heavy atom. The van der Waals surface area contributed by atoms with E-state index < -0.39 is 5.60 Å². The van der Waals surface area contributed by atoms with Gasteiger partial charge in [-0.1, -0.05) is 12.7 Å². The quantitative estimate of drug-likeness (QED) is 0.399. The van der Waals surface area contributed by atoms with Gasteiger partial charge >= 0.3 is 5.97 Å². The highest BCUT2D eigenvalue weighted by atomic mass is 16.6. The molecule has 0 spiro atoms. The first-order valence-corrected chi connectivity index (χ1v) is 5.13. The van der Waals surface area contributed by atoms with Crippen LogP contribution in [0.25, 0.3) is 0 Å². The zero-order valence-electron chi connectivity index (χ0n) is 9.58. The second-order valence-corrected chi connectivity index (χ2v) is 4.57. The van der Waals surface area contributed by atoms with E-state index in [-0.39, 0.29) is 12.1 Å². The lowest BCUT2D eigenvalue weighted by atomic mass is 10.2. The maximum atomic E-state index is 11.4. The Kier molecular flexibility index (Phi) is 3.56. The van der Waals surface area contributed by atoms with Crippen molar-refractivity contribution in [2.45, 2.75) is 45.3 Å². The van der Waals surface area contributed by atoms with Crippen molar-refractivity contribution in [2.75, 3.05) is 0 Å².